The quantitative estimate of drug-likeness (QED) is 0.258. The molecule has 0 aromatic heterocycles. The smallest absolute Gasteiger partial charge is 0.332 e. The molecule has 0 N–H and O–H groups in total. The van der Waals surface area contributed by atoms with E-state index in [0.717, 1.165) is 0 Å². The zero-order chi connectivity index (χ0) is 11.4. The summed E-state index contributed by atoms with van der Waals surface area (Å²) in [6.07, 6.45) is 0. The summed E-state index contributed by atoms with van der Waals surface area (Å²) in [6.45, 7) is 4.03. The van der Waals surface area contributed by atoms with E-state index in [-0.39, 0.29) is 12.6 Å². The van der Waals surface area contributed by atoms with Crippen molar-refractivity contribution in [3.8, 4) is 0 Å². The Kier molecular flexibility index (Phi) is 12.9. The molecule has 0 amide bonds. The van der Waals surface area contributed by atoms with Gasteiger partial charge in [-0.15, -0.1) is 0 Å². The van der Waals surface area contributed by atoms with Crippen LogP contribution in [-0.4, -0.2) is 45.6 Å². The highest BCUT2D eigenvalue weighted by atomic mass is 127. The number of halogens is 1. The lowest BCUT2D eigenvalue weighted by Crippen LogP contribution is -2.15. The fourth-order valence-electron chi connectivity index (χ4n) is 0.703. The van der Waals surface area contributed by atoms with Gasteiger partial charge in [0, 0.05) is 21.2 Å². The van der Waals surface area contributed by atoms with Crippen molar-refractivity contribution in [3.05, 3.63) is 0 Å². The highest BCUT2D eigenvalue weighted by molar-refractivity contribution is 14.2. The maximum atomic E-state index is 10.8. The van der Waals surface area contributed by atoms with Gasteiger partial charge in [0.25, 0.3) is 0 Å². The SMILES string of the molecule is CCOC(=O)COCCOCCOSI. The van der Waals surface area contributed by atoms with Gasteiger partial charge < -0.3 is 18.4 Å². The molecule has 0 saturated carbocycles. The lowest BCUT2D eigenvalue weighted by molar-refractivity contribution is -0.148. The van der Waals surface area contributed by atoms with Crippen LogP contribution in [0.1, 0.15) is 6.92 Å². The van der Waals surface area contributed by atoms with Gasteiger partial charge in [-0.05, 0) is 6.92 Å². The summed E-state index contributed by atoms with van der Waals surface area (Å²) in [7, 11) is 1.28. The molecule has 0 bridgehead atoms. The number of hydrogen-bond donors (Lipinski definition) is 0. The van der Waals surface area contributed by atoms with Crippen molar-refractivity contribution in [1.82, 2.24) is 0 Å². The molecule has 0 aliphatic heterocycles. The van der Waals surface area contributed by atoms with Crippen molar-refractivity contribution >= 4 is 36.4 Å². The molecule has 0 atom stereocenters. The van der Waals surface area contributed by atoms with Crippen LogP contribution in [-0.2, 0) is 23.2 Å². The third kappa shape index (κ3) is 12.4. The van der Waals surface area contributed by atoms with E-state index in [1.165, 1.54) is 9.21 Å². The first-order valence-corrected chi connectivity index (χ1v) is 7.81. The molecule has 0 aliphatic carbocycles. The average Bonchev–Trinajstić information content (AvgIpc) is 2.22. The van der Waals surface area contributed by atoms with Crippen molar-refractivity contribution < 1.29 is 23.2 Å². The number of hydrogen-bond acceptors (Lipinski definition) is 6. The van der Waals surface area contributed by atoms with Crippen molar-refractivity contribution in [1.29, 1.82) is 0 Å². The van der Waals surface area contributed by atoms with E-state index in [0.29, 0.717) is 33.0 Å². The molecule has 5 nitrogen and oxygen atoms in total. The molecular weight excluding hydrogens is 335 g/mol. The highest BCUT2D eigenvalue weighted by Crippen LogP contribution is 2.10. The summed E-state index contributed by atoms with van der Waals surface area (Å²) in [5, 5.41) is 0. The second-order valence-corrected chi connectivity index (χ2v) is 3.80. The van der Waals surface area contributed by atoms with Gasteiger partial charge in [0.15, 0.2) is 0 Å². The van der Waals surface area contributed by atoms with Gasteiger partial charge in [0.2, 0.25) is 0 Å². The Bertz CT molecular complexity index is 158. The minimum Gasteiger partial charge on any atom is -0.464 e. The van der Waals surface area contributed by atoms with Gasteiger partial charge >= 0.3 is 5.97 Å². The fraction of sp³-hybridized carbons (Fsp3) is 0.875. The van der Waals surface area contributed by atoms with Crippen molar-refractivity contribution in [2.75, 3.05) is 39.6 Å². The van der Waals surface area contributed by atoms with E-state index in [2.05, 4.69) is 4.74 Å². The Labute approximate surface area is 106 Å². The molecule has 0 spiro atoms. The summed E-state index contributed by atoms with van der Waals surface area (Å²) in [5.41, 5.74) is 0. The zero-order valence-corrected chi connectivity index (χ0v) is 11.5. The number of carbonyl (C=O) groups is 1. The summed E-state index contributed by atoms with van der Waals surface area (Å²) < 4.78 is 19.8. The maximum Gasteiger partial charge on any atom is 0.332 e. The largest absolute Gasteiger partial charge is 0.464 e. The van der Waals surface area contributed by atoms with Gasteiger partial charge in [0.1, 0.15) is 6.61 Å². The molecule has 0 saturated heterocycles. The molecule has 0 aliphatic rings. The molecule has 15 heavy (non-hydrogen) atoms. The van der Waals surface area contributed by atoms with Crippen LogP contribution in [0.2, 0.25) is 0 Å². The van der Waals surface area contributed by atoms with Gasteiger partial charge in [-0.1, -0.05) is 0 Å². The average molecular weight is 350 g/mol. The Morgan fingerprint density at radius 1 is 1.20 bits per heavy atom. The van der Waals surface area contributed by atoms with E-state index in [9.17, 15) is 4.79 Å². The first kappa shape index (κ1) is 15.4. The Hall–Kier alpha value is 0.430. The third-order valence-electron chi connectivity index (χ3n) is 1.25. The van der Waals surface area contributed by atoms with Crippen molar-refractivity contribution in [2.45, 2.75) is 6.92 Å². The fourth-order valence-corrected chi connectivity index (χ4v) is 1.37. The van der Waals surface area contributed by atoms with E-state index in [4.69, 9.17) is 13.7 Å². The maximum absolute atomic E-state index is 10.8. The van der Waals surface area contributed by atoms with Crippen LogP contribution in [0.25, 0.3) is 0 Å². The summed E-state index contributed by atoms with van der Waals surface area (Å²) in [5.74, 6) is -0.345. The monoisotopic (exact) mass is 350 g/mol. The van der Waals surface area contributed by atoms with E-state index in [1.807, 2.05) is 21.2 Å². The molecule has 0 rings (SSSR count). The molecule has 0 aromatic rings. The molecule has 90 valence electrons. The number of rotatable bonds is 10. The predicted octanol–water partition coefficient (Wildman–Crippen LogP) is 1.60. The van der Waals surface area contributed by atoms with Gasteiger partial charge in [-0.25, -0.2) is 4.79 Å². The number of ether oxygens (including phenoxy) is 3. The first-order chi connectivity index (χ1) is 7.31. The Balaban J connectivity index is 3.01. The third-order valence-corrected chi connectivity index (χ3v) is 2.27. The van der Waals surface area contributed by atoms with Crippen LogP contribution in [0.4, 0.5) is 0 Å². The number of carbonyl (C=O) groups excluding carboxylic acids is 1. The Morgan fingerprint density at radius 2 is 1.87 bits per heavy atom. The molecule has 0 fully saturated rings. The van der Waals surface area contributed by atoms with Crippen molar-refractivity contribution in [3.63, 3.8) is 0 Å². The minimum atomic E-state index is -0.345. The van der Waals surface area contributed by atoms with Crippen LogP contribution < -0.4 is 0 Å². The minimum absolute atomic E-state index is 0.0166. The molecule has 7 heteroatoms. The Morgan fingerprint density at radius 3 is 2.53 bits per heavy atom. The normalized spacial score (nSPS) is 10.3. The second kappa shape index (κ2) is 12.5. The van der Waals surface area contributed by atoms with Crippen LogP contribution in [0.15, 0.2) is 0 Å². The van der Waals surface area contributed by atoms with Crippen LogP contribution in [0.5, 0.6) is 0 Å². The molecule has 0 radical (unpaired) electrons. The summed E-state index contributed by atoms with van der Waals surface area (Å²) in [6, 6.07) is 0. The van der Waals surface area contributed by atoms with Gasteiger partial charge in [-0.3, -0.25) is 0 Å². The van der Waals surface area contributed by atoms with Crippen LogP contribution in [0, 0.1) is 0 Å². The van der Waals surface area contributed by atoms with E-state index in [1.54, 1.807) is 6.92 Å². The first-order valence-electron chi connectivity index (χ1n) is 4.52. The topological polar surface area (TPSA) is 54.0 Å². The predicted molar refractivity (Wildman–Crippen MR) is 65.8 cm³/mol. The highest BCUT2D eigenvalue weighted by Gasteiger charge is 2.00. The summed E-state index contributed by atoms with van der Waals surface area (Å²) >= 11 is 2.04. The van der Waals surface area contributed by atoms with Gasteiger partial charge in [-0.2, -0.15) is 0 Å². The lowest BCUT2D eigenvalue weighted by atomic mass is 10.7. The van der Waals surface area contributed by atoms with E-state index < -0.39 is 0 Å². The number of esters is 1. The van der Waals surface area contributed by atoms with Crippen LogP contribution >= 0.6 is 30.4 Å². The van der Waals surface area contributed by atoms with Gasteiger partial charge in [0.05, 0.1) is 42.2 Å². The van der Waals surface area contributed by atoms with Crippen molar-refractivity contribution in [2.24, 2.45) is 0 Å². The second-order valence-electron chi connectivity index (χ2n) is 2.35. The summed E-state index contributed by atoms with van der Waals surface area (Å²) in [4.78, 5) is 10.8. The molecular formula is C8H15IO5S. The van der Waals surface area contributed by atoms with Crippen LogP contribution in [0.3, 0.4) is 0 Å². The molecule has 0 unspecified atom stereocenters. The standard InChI is InChI=1S/C8H15IO5S/c1-2-13-8(10)7-12-4-3-11-5-6-14-15-9/h2-7H2,1H3. The zero-order valence-electron chi connectivity index (χ0n) is 8.57. The van der Waals surface area contributed by atoms with E-state index >= 15 is 0 Å². The molecule has 0 heterocycles. The molecule has 0 aromatic carbocycles. The lowest BCUT2D eigenvalue weighted by Gasteiger charge is -2.05.